The molecule has 2 saturated carbocycles. The van der Waals surface area contributed by atoms with E-state index in [1.54, 1.807) is 0 Å². The summed E-state index contributed by atoms with van der Waals surface area (Å²) in [6.45, 7) is 4.68. The van der Waals surface area contributed by atoms with Gasteiger partial charge >= 0.3 is 0 Å². The summed E-state index contributed by atoms with van der Waals surface area (Å²) in [6.07, 6.45) is 7.15. The van der Waals surface area contributed by atoms with E-state index in [1.807, 2.05) is 0 Å². The summed E-state index contributed by atoms with van der Waals surface area (Å²) in [7, 11) is 0. The van der Waals surface area contributed by atoms with Crippen molar-refractivity contribution in [3.8, 4) is 0 Å². The first-order chi connectivity index (χ1) is 7.96. The Morgan fingerprint density at radius 2 is 2.06 bits per heavy atom. The van der Waals surface area contributed by atoms with Crippen LogP contribution in [0.2, 0.25) is 0 Å². The molecule has 2 nitrogen and oxygen atoms in total. The van der Waals surface area contributed by atoms with Gasteiger partial charge in [-0.15, -0.1) is 0 Å². The quantitative estimate of drug-likeness (QED) is 0.629. The third-order valence-electron chi connectivity index (χ3n) is 5.47. The maximum absolute atomic E-state index is 11.1. The summed E-state index contributed by atoms with van der Waals surface area (Å²) in [6, 6.07) is 0. The first-order valence-electron chi connectivity index (χ1n) is 6.88. The minimum atomic E-state index is -0.127. The summed E-state index contributed by atoms with van der Waals surface area (Å²) in [5.74, 6) is 1.88. The zero-order valence-corrected chi connectivity index (χ0v) is 12.5. The van der Waals surface area contributed by atoms with Crippen molar-refractivity contribution in [2.45, 2.75) is 57.2 Å². The van der Waals surface area contributed by atoms with Crippen molar-refractivity contribution in [3.63, 3.8) is 0 Å². The van der Waals surface area contributed by atoms with Crippen LogP contribution in [0.25, 0.3) is 0 Å². The van der Waals surface area contributed by atoms with Crippen LogP contribution < -0.4 is 5.73 Å². The Labute approximate surface area is 113 Å². The van der Waals surface area contributed by atoms with Gasteiger partial charge in [-0.3, -0.25) is 4.79 Å². The van der Waals surface area contributed by atoms with Gasteiger partial charge in [0.2, 0.25) is 5.91 Å². The lowest BCUT2D eigenvalue weighted by Crippen LogP contribution is -2.18. The van der Waals surface area contributed by atoms with Gasteiger partial charge in [-0.1, -0.05) is 36.2 Å². The van der Waals surface area contributed by atoms with Gasteiger partial charge in [0.1, 0.15) is 0 Å². The molecule has 0 aromatic heterocycles. The Bertz CT molecular complexity index is 307. The third-order valence-corrected chi connectivity index (χ3v) is 6.39. The van der Waals surface area contributed by atoms with Crippen LogP contribution in [-0.2, 0) is 4.79 Å². The van der Waals surface area contributed by atoms with Crippen LogP contribution in [0.3, 0.4) is 0 Å². The largest absolute Gasteiger partial charge is 0.370 e. The van der Waals surface area contributed by atoms with Crippen molar-refractivity contribution in [3.05, 3.63) is 0 Å². The van der Waals surface area contributed by atoms with Crippen molar-refractivity contribution in [2.24, 2.45) is 28.9 Å². The molecule has 0 radical (unpaired) electrons. The maximum Gasteiger partial charge on any atom is 0.217 e. The number of amides is 1. The normalized spacial score (nSPS) is 46.3. The SMILES string of the molecule is CC1C(CC(N)=O)C1(C)[C@H]1CCCC(Br)CC1. The molecule has 98 valence electrons. The highest BCUT2D eigenvalue weighted by molar-refractivity contribution is 9.09. The molecule has 2 fully saturated rings. The third kappa shape index (κ3) is 2.54. The molecule has 2 rings (SSSR count). The van der Waals surface area contributed by atoms with Crippen molar-refractivity contribution in [2.75, 3.05) is 0 Å². The fraction of sp³-hybridized carbons (Fsp3) is 0.929. The fourth-order valence-corrected chi connectivity index (χ4v) is 4.62. The molecule has 0 aromatic carbocycles. The smallest absolute Gasteiger partial charge is 0.217 e. The number of hydrogen-bond donors (Lipinski definition) is 1. The molecule has 17 heavy (non-hydrogen) atoms. The molecule has 2 N–H and O–H groups in total. The summed E-state index contributed by atoms with van der Waals surface area (Å²) >= 11 is 3.75. The molecule has 5 atom stereocenters. The average Bonchev–Trinajstić information content (AvgIpc) is 2.85. The highest BCUT2D eigenvalue weighted by Gasteiger charge is 2.61. The van der Waals surface area contributed by atoms with Crippen molar-refractivity contribution < 1.29 is 4.79 Å². The number of carbonyl (C=O) groups is 1. The second kappa shape index (κ2) is 4.91. The molecule has 0 aromatic rings. The highest BCUT2D eigenvalue weighted by Crippen LogP contribution is 2.66. The molecule has 0 spiro atoms. The molecule has 3 heteroatoms. The standard InChI is InChI=1S/C14H24BrNO/c1-9-12(8-13(16)17)14(9,2)10-4-3-5-11(15)7-6-10/h9-12H,3-8H2,1-2H3,(H2,16,17)/t9?,10-,11?,12?,14?/m0/s1. The molecular formula is C14H24BrNO. The van der Waals surface area contributed by atoms with E-state index in [9.17, 15) is 4.79 Å². The van der Waals surface area contributed by atoms with Gasteiger partial charge < -0.3 is 5.73 Å². The topological polar surface area (TPSA) is 43.1 Å². The van der Waals surface area contributed by atoms with Crippen LogP contribution in [0.4, 0.5) is 0 Å². The minimum Gasteiger partial charge on any atom is -0.370 e. The van der Waals surface area contributed by atoms with E-state index in [0.717, 1.165) is 5.92 Å². The molecule has 0 aliphatic heterocycles. The summed E-state index contributed by atoms with van der Waals surface area (Å²) in [5, 5.41) is 0. The van der Waals surface area contributed by atoms with E-state index in [2.05, 4.69) is 29.8 Å². The predicted octanol–water partition coefficient (Wildman–Crippen LogP) is 3.48. The Morgan fingerprint density at radius 3 is 2.71 bits per heavy atom. The number of alkyl halides is 1. The van der Waals surface area contributed by atoms with Gasteiger partial charge in [0.05, 0.1) is 0 Å². The Morgan fingerprint density at radius 1 is 1.35 bits per heavy atom. The van der Waals surface area contributed by atoms with Crippen LogP contribution in [0.1, 0.15) is 52.4 Å². The average molecular weight is 302 g/mol. The monoisotopic (exact) mass is 301 g/mol. The molecular weight excluding hydrogens is 278 g/mol. The van der Waals surface area contributed by atoms with Crippen molar-refractivity contribution >= 4 is 21.8 Å². The number of halogens is 1. The number of nitrogens with two attached hydrogens (primary N) is 1. The maximum atomic E-state index is 11.1. The zero-order chi connectivity index (χ0) is 12.6. The van der Waals surface area contributed by atoms with Crippen LogP contribution in [0.5, 0.6) is 0 Å². The minimum absolute atomic E-state index is 0.127. The number of carbonyl (C=O) groups excluding carboxylic acids is 1. The Hall–Kier alpha value is -0.0500. The van der Waals surface area contributed by atoms with Crippen LogP contribution >= 0.6 is 15.9 Å². The molecule has 0 bridgehead atoms. The molecule has 0 heterocycles. The van der Waals surface area contributed by atoms with E-state index in [4.69, 9.17) is 5.73 Å². The van der Waals surface area contributed by atoms with E-state index >= 15 is 0 Å². The van der Waals surface area contributed by atoms with E-state index in [-0.39, 0.29) is 5.91 Å². The van der Waals surface area contributed by atoms with E-state index < -0.39 is 0 Å². The second-order valence-corrected chi connectivity index (χ2v) is 7.53. The van der Waals surface area contributed by atoms with Gasteiger partial charge in [-0.2, -0.15) is 0 Å². The van der Waals surface area contributed by atoms with Gasteiger partial charge in [0.25, 0.3) is 0 Å². The first-order valence-corrected chi connectivity index (χ1v) is 7.80. The van der Waals surface area contributed by atoms with Gasteiger partial charge in [0.15, 0.2) is 0 Å². The second-order valence-electron chi connectivity index (χ2n) is 6.23. The van der Waals surface area contributed by atoms with E-state index in [0.29, 0.717) is 28.5 Å². The van der Waals surface area contributed by atoms with E-state index in [1.165, 1.54) is 32.1 Å². The van der Waals surface area contributed by atoms with Crippen LogP contribution in [-0.4, -0.2) is 10.7 Å². The number of primary amides is 1. The van der Waals surface area contributed by atoms with Gasteiger partial charge in [-0.25, -0.2) is 0 Å². The Balaban J connectivity index is 1.99. The van der Waals surface area contributed by atoms with Crippen molar-refractivity contribution in [1.29, 1.82) is 0 Å². The van der Waals surface area contributed by atoms with Gasteiger partial charge in [-0.05, 0) is 48.9 Å². The molecule has 4 unspecified atom stereocenters. The lowest BCUT2D eigenvalue weighted by Gasteiger charge is -2.24. The number of hydrogen-bond acceptors (Lipinski definition) is 1. The molecule has 2 aliphatic carbocycles. The Kier molecular flexibility index (Phi) is 3.86. The molecule has 0 saturated heterocycles. The first kappa shape index (κ1) is 13.4. The molecule has 2 aliphatic rings. The fourth-order valence-electron chi connectivity index (χ4n) is 4.03. The highest BCUT2D eigenvalue weighted by atomic mass is 79.9. The van der Waals surface area contributed by atoms with Gasteiger partial charge in [0, 0.05) is 11.2 Å². The zero-order valence-electron chi connectivity index (χ0n) is 10.9. The summed E-state index contributed by atoms with van der Waals surface area (Å²) in [5.41, 5.74) is 5.73. The predicted molar refractivity (Wildman–Crippen MR) is 73.9 cm³/mol. The lowest BCUT2D eigenvalue weighted by atomic mass is 9.81. The molecule has 1 amide bonds. The number of rotatable bonds is 3. The lowest BCUT2D eigenvalue weighted by molar-refractivity contribution is -0.118. The van der Waals surface area contributed by atoms with Crippen LogP contribution in [0, 0.1) is 23.2 Å². The summed E-state index contributed by atoms with van der Waals surface area (Å²) < 4.78 is 0. The van der Waals surface area contributed by atoms with Crippen molar-refractivity contribution in [1.82, 2.24) is 0 Å². The summed E-state index contributed by atoms with van der Waals surface area (Å²) in [4.78, 5) is 11.8. The van der Waals surface area contributed by atoms with Crippen LogP contribution in [0.15, 0.2) is 0 Å².